The van der Waals surface area contributed by atoms with Crippen molar-refractivity contribution in [2.45, 2.75) is 18.9 Å². The second-order valence-corrected chi connectivity index (χ2v) is 6.46. The number of nitrogens with one attached hydrogen (secondary N) is 2. The van der Waals surface area contributed by atoms with Gasteiger partial charge in [0.2, 0.25) is 5.95 Å². The van der Waals surface area contributed by atoms with Crippen molar-refractivity contribution in [1.29, 1.82) is 0 Å². The molecule has 3 heterocycles. The molecule has 0 aliphatic carbocycles. The highest BCUT2D eigenvalue weighted by Crippen LogP contribution is 2.24. The van der Waals surface area contributed by atoms with Crippen LogP contribution >= 0.6 is 11.6 Å². The molecule has 0 bridgehead atoms. The van der Waals surface area contributed by atoms with Gasteiger partial charge in [0.1, 0.15) is 5.02 Å². The highest BCUT2D eigenvalue weighted by atomic mass is 35.5. The number of carbonyl (C=O) groups excluding carboxylic acids is 1. The van der Waals surface area contributed by atoms with Gasteiger partial charge in [0, 0.05) is 32.4 Å². The van der Waals surface area contributed by atoms with Gasteiger partial charge in [-0.25, -0.2) is 9.37 Å². The number of rotatable bonds is 5. The molecule has 1 amide bonds. The van der Waals surface area contributed by atoms with Crippen molar-refractivity contribution in [3.8, 4) is 0 Å². The SMILES string of the molecule is C=C(F)C(=O)N1CCCC(Nc2nc(Nc3cnn(C)c3)ncc2Cl)C1. The number of halogens is 2. The highest BCUT2D eigenvalue weighted by Gasteiger charge is 2.26. The van der Waals surface area contributed by atoms with Gasteiger partial charge >= 0.3 is 0 Å². The lowest BCUT2D eigenvalue weighted by molar-refractivity contribution is -0.129. The van der Waals surface area contributed by atoms with Crippen LogP contribution in [0.15, 0.2) is 31.0 Å². The third-order valence-electron chi connectivity index (χ3n) is 3.99. The average Bonchev–Trinajstić information content (AvgIpc) is 3.02. The minimum atomic E-state index is -0.950. The molecule has 0 radical (unpaired) electrons. The van der Waals surface area contributed by atoms with Crippen molar-refractivity contribution in [2.75, 3.05) is 23.7 Å². The van der Waals surface area contributed by atoms with E-state index in [1.54, 1.807) is 17.1 Å². The predicted molar refractivity (Wildman–Crippen MR) is 97.0 cm³/mol. The third kappa shape index (κ3) is 4.29. The van der Waals surface area contributed by atoms with Crippen molar-refractivity contribution in [3.05, 3.63) is 36.0 Å². The first kappa shape index (κ1) is 18.1. The molecule has 1 aliphatic rings. The van der Waals surface area contributed by atoms with Crippen molar-refractivity contribution in [3.63, 3.8) is 0 Å². The molecule has 0 aromatic carbocycles. The van der Waals surface area contributed by atoms with Gasteiger partial charge in [-0.2, -0.15) is 10.1 Å². The number of aryl methyl sites for hydroxylation is 1. The van der Waals surface area contributed by atoms with E-state index in [4.69, 9.17) is 11.6 Å². The van der Waals surface area contributed by atoms with Crippen LogP contribution < -0.4 is 10.6 Å². The van der Waals surface area contributed by atoms with Crippen LogP contribution in [-0.4, -0.2) is 49.7 Å². The molecule has 1 aliphatic heterocycles. The number of piperidine rings is 1. The summed E-state index contributed by atoms with van der Waals surface area (Å²) in [6.45, 7) is 3.93. The Hall–Kier alpha value is -2.68. The molecule has 10 heteroatoms. The molecule has 1 unspecified atom stereocenters. The molecule has 2 aromatic rings. The molecule has 0 saturated carbocycles. The molecule has 1 fully saturated rings. The van der Waals surface area contributed by atoms with Gasteiger partial charge < -0.3 is 15.5 Å². The molecule has 26 heavy (non-hydrogen) atoms. The first-order valence-corrected chi connectivity index (χ1v) is 8.48. The first-order valence-electron chi connectivity index (χ1n) is 8.11. The summed E-state index contributed by atoms with van der Waals surface area (Å²) in [7, 11) is 1.81. The highest BCUT2D eigenvalue weighted by molar-refractivity contribution is 6.32. The summed E-state index contributed by atoms with van der Waals surface area (Å²) in [5.41, 5.74) is 0.747. The second-order valence-electron chi connectivity index (χ2n) is 6.06. The van der Waals surface area contributed by atoms with E-state index >= 15 is 0 Å². The van der Waals surface area contributed by atoms with Crippen LogP contribution in [0.1, 0.15) is 12.8 Å². The van der Waals surface area contributed by atoms with Gasteiger partial charge in [0.15, 0.2) is 11.6 Å². The fourth-order valence-corrected chi connectivity index (χ4v) is 2.93. The van der Waals surface area contributed by atoms with E-state index in [1.807, 2.05) is 7.05 Å². The van der Waals surface area contributed by atoms with Crippen LogP contribution in [0.25, 0.3) is 0 Å². The van der Waals surface area contributed by atoms with Crippen LogP contribution in [0.5, 0.6) is 0 Å². The van der Waals surface area contributed by atoms with Crippen LogP contribution in [0.3, 0.4) is 0 Å². The lowest BCUT2D eigenvalue weighted by Crippen LogP contribution is -2.45. The molecule has 138 valence electrons. The lowest BCUT2D eigenvalue weighted by Gasteiger charge is -2.33. The van der Waals surface area contributed by atoms with E-state index in [-0.39, 0.29) is 6.04 Å². The molecule has 1 saturated heterocycles. The summed E-state index contributed by atoms with van der Waals surface area (Å²) in [4.78, 5) is 21.7. The van der Waals surface area contributed by atoms with E-state index in [1.165, 1.54) is 11.1 Å². The normalized spacial score (nSPS) is 17.0. The molecule has 0 spiro atoms. The Morgan fingerprint density at radius 3 is 2.96 bits per heavy atom. The van der Waals surface area contributed by atoms with E-state index in [2.05, 4.69) is 32.3 Å². The minimum Gasteiger partial charge on any atom is -0.364 e. The number of anilines is 3. The van der Waals surface area contributed by atoms with Gasteiger partial charge in [-0.1, -0.05) is 18.2 Å². The molecule has 2 N–H and O–H groups in total. The Bertz CT molecular complexity index is 825. The second kappa shape index (κ2) is 7.69. The smallest absolute Gasteiger partial charge is 0.282 e. The number of hydrogen-bond acceptors (Lipinski definition) is 6. The summed E-state index contributed by atoms with van der Waals surface area (Å²) in [5, 5.41) is 10.7. The maximum atomic E-state index is 13.1. The third-order valence-corrected chi connectivity index (χ3v) is 4.26. The molecule has 1 atom stereocenters. The zero-order valence-electron chi connectivity index (χ0n) is 14.2. The summed E-state index contributed by atoms with van der Waals surface area (Å²) >= 11 is 6.19. The fourth-order valence-electron chi connectivity index (χ4n) is 2.79. The number of amides is 1. The molecular formula is C16H19ClFN7O. The largest absolute Gasteiger partial charge is 0.364 e. The topological polar surface area (TPSA) is 88.0 Å². The minimum absolute atomic E-state index is 0.0920. The van der Waals surface area contributed by atoms with E-state index < -0.39 is 11.7 Å². The number of likely N-dealkylation sites (tertiary alicyclic amines) is 1. The number of carbonyl (C=O) groups is 1. The van der Waals surface area contributed by atoms with Gasteiger partial charge in [-0.15, -0.1) is 0 Å². The Kier molecular flexibility index (Phi) is 5.36. The molecule has 2 aromatic heterocycles. The summed E-state index contributed by atoms with van der Waals surface area (Å²) < 4.78 is 14.8. The van der Waals surface area contributed by atoms with Crippen molar-refractivity contribution in [1.82, 2.24) is 24.6 Å². The van der Waals surface area contributed by atoms with E-state index in [0.717, 1.165) is 18.5 Å². The predicted octanol–water partition coefficient (Wildman–Crippen LogP) is 2.49. The van der Waals surface area contributed by atoms with Gasteiger partial charge in [-0.3, -0.25) is 9.48 Å². The Balaban J connectivity index is 1.69. The van der Waals surface area contributed by atoms with Crippen LogP contribution in [0.2, 0.25) is 5.02 Å². The summed E-state index contributed by atoms with van der Waals surface area (Å²) in [6.07, 6.45) is 6.50. The lowest BCUT2D eigenvalue weighted by atomic mass is 10.1. The Morgan fingerprint density at radius 2 is 2.27 bits per heavy atom. The van der Waals surface area contributed by atoms with Gasteiger partial charge in [0.05, 0.1) is 18.1 Å². The fraction of sp³-hybridized carbons (Fsp3) is 0.375. The van der Waals surface area contributed by atoms with E-state index in [0.29, 0.717) is 29.9 Å². The molecule has 3 rings (SSSR count). The van der Waals surface area contributed by atoms with E-state index in [9.17, 15) is 9.18 Å². The van der Waals surface area contributed by atoms with Gasteiger partial charge in [0.25, 0.3) is 5.91 Å². The monoisotopic (exact) mass is 379 g/mol. The van der Waals surface area contributed by atoms with Crippen molar-refractivity contribution < 1.29 is 9.18 Å². The molecule has 8 nitrogen and oxygen atoms in total. The Morgan fingerprint density at radius 1 is 1.46 bits per heavy atom. The maximum absolute atomic E-state index is 13.1. The summed E-state index contributed by atoms with van der Waals surface area (Å²) in [5.74, 6) is -0.810. The van der Waals surface area contributed by atoms with Crippen LogP contribution in [0, 0.1) is 0 Å². The van der Waals surface area contributed by atoms with Crippen LogP contribution in [0.4, 0.5) is 21.8 Å². The van der Waals surface area contributed by atoms with Crippen molar-refractivity contribution in [2.24, 2.45) is 7.05 Å². The number of nitrogens with zero attached hydrogens (tertiary/aromatic N) is 5. The van der Waals surface area contributed by atoms with Crippen molar-refractivity contribution >= 4 is 35.0 Å². The first-order chi connectivity index (χ1) is 12.4. The Labute approximate surface area is 155 Å². The molecular weight excluding hydrogens is 361 g/mol. The summed E-state index contributed by atoms with van der Waals surface area (Å²) in [6, 6.07) is -0.0920. The number of hydrogen-bond donors (Lipinski definition) is 2. The quantitative estimate of drug-likeness (QED) is 0.776. The zero-order valence-corrected chi connectivity index (χ0v) is 15.0. The standard InChI is InChI=1S/C16H19ClFN7O/c1-10(18)15(26)25-5-3-4-11(9-25)21-14-13(17)7-19-16(23-14)22-12-6-20-24(2)8-12/h6-8,11H,1,3-5,9H2,2H3,(H2,19,21,22,23). The maximum Gasteiger partial charge on any atom is 0.282 e. The average molecular weight is 380 g/mol. The van der Waals surface area contributed by atoms with Crippen LogP contribution in [-0.2, 0) is 11.8 Å². The van der Waals surface area contributed by atoms with Gasteiger partial charge in [-0.05, 0) is 12.8 Å². The number of aromatic nitrogens is 4. The zero-order chi connectivity index (χ0) is 18.7.